The van der Waals surface area contributed by atoms with Crippen molar-refractivity contribution in [3.63, 3.8) is 0 Å². The number of nitrogens with zero attached hydrogens (tertiary/aromatic N) is 4. The fourth-order valence-corrected chi connectivity index (χ4v) is 4.81. The van der Waals surface area contributed by atoms with E-state index < -0.39 is 5.54 Å². The van der Waals surface area contributed by atoms with Gasteiger partial charge in [0, 0.05) is 18.2 Å². The molecule has 8 heteroatoms. The highest BCUT2D eigenvalue weighted by Crippen LogP contribution is 2.44. The number of hydrogen-bond acceptors (Lipinski definition) is 6. The number of anilines is 1. The Bertz CT molecular complexity index is 1140. The minimum absolute atomic E-state index is 0.136. The SMILES string of the molecule is COC1C(c2ccccc2)=C(C)C(Cl)=CC1(C(C)Nc1ncnc2[nH]cnc12)N(C)C. The average Bonchev–Trinajstić information content (AvgIpc) is 3.25. The van der Waals surface area contributed by atoms with Gasteiger partial charge in [-0.3, -0.25) is 4.90 Å². The van der Waals surface area contributed by atoms with Crippen LogP contribution in [0.15, 0.2) is 59.7 Å². The number of rotatable bonds is 6. The van der Waals surface area contributed by atoms with Crippen molar-refractivity contribution in [3.8, 4) is 0 Å². The lowest BCUT2D eigenvalue weighted by atomic mass is 9.73. The standard InChI is InChI=1S/C23H27ClN6O/c1-14-17(24)11-23(30(3)4,20(31-5)18(14)16-9-7-6-8-10-16)15(2)29-22-19-21(26-12-25-19)27-13-28-22/h6-13,15,20H,1-5H3,(H2,25,26,27,28,29). The predicted molar refractivity (Wildman–Crippen MR) is 125 cm³/mol. The molecule has 1 aromatic carbocycles. The van der Waals surface area contributed by atoms with E-state index in [-0.39, 0.29) is 12.1 Å². The summed E-state index contributed by atoms with van der Waals surface area (Å²) in [5.41, 5.74) is 3.97. The maximum atomic E-state index is 6.84. The fourth-order valence-electron chi connectivity index (χ4n) is 4.53. The quantitative estimate of drug-likeness (QED) is 0.603. The highest BCUT2D eigenvalue weighted by atomic mass is 35.5. The van der Waals surface area contributed by atoms with E-state index in [9.17, 15) is 0 Å². The number of likely N-dealkylation sites (N-methyl/N-ethyl adjacent to an activating group) is 1. The molecule has 3 unspecified atom stereocenters. The molecule has 4 rings (SSSR count). The molecule has 0 aliphatic heterocycles. The summed E-state index contributed by atoms with van der Waals surface area (Å²) in [6, 6.07) is 10.1. The van der Waals surface area contributed by atoms with Gasteiger partial charge in [0.05, 0.1) is 11.9 Å². The Morgan fingerprint density at radius 1 is 1.19 bits per heavy atom. The number of fused-ring (bicyclic) bond motifs is 1. The molecule has 0 fully saturated rings. The molecule has 0 saturated carbocycles. The molecule has 0 amide bonds. The van der Waals surface area contributed by atoms with Crippen molar-refractivity contribution in [1.29, 1.82) is 0 Å². The van der Waals surface area contributed by atoms with Crippen molar-refractivity contribution in [2.75, 3.05) is 26.5 Å². The van der Waals surface area contributed by atoms with Crippen LogP contribution in [0.5, 0.6) is 0 Å². The zero-order valence-corrected chi connectivity index (χ0v) is 19.1. The van der Waals surface area contributed by atoms with Crippen molar-refractivity contribution < 1.29 is 4.74 Å². The van der Waals surface area contributed by atoms with Crippen LogP contribution in [0.3, 0.4) is 0 Å². The highest BCUT2D eigenvalue weighted by molar-refractivity contribution is 6.33. The molecule has 162 valence electrons. The molecule has 2 aromatic heterocycles. The van der Waals surface area contributed by atoms with Gasteiger partial charge in [-0.25, -0.2) is 15.0 Å². The summed E-state index contributed by atoms with van der Waals surface area (Å²) in [7, 11) is 5.83. The number of ether oxygens (including phenoxy) is 1. The molecule has 0 spiro atoms. The molecule has 2 heterocycles. The van der Waals surface area contributed by atoms with Gasteiger partial charge in [-0.05, 0) is 50.7 Å². The van der Waals surface area contributed by atoms with Gasteiger partial charge >= 0.3 is 0 Å². The smallest absolute Gasteiger partial charge is 0.162 e. The molecule has 0 bridgehead atoms. The first-order valence-electron chi connectivity index (χ1n) is 10.2. The summed E-state index contributed by atoms with van der Waals surface area (Å²) in [5, 5.41) is 4.26. The van der Waals surface area contributed by atoms with Crippen molar-refractivity contribution >= 4 is 34.2 Å². The van der Waals surface area contributed by atoms with Crippen LogP contribution in [0, 0.1) is 0 Å². The number of halogens is 1. The molecule has 2 N–H and O–H groups in total. The molecule has 1 aliphatic carbocycles. The second-order valence-corrected chi connectivity index (χ2v) is 8.39. The summed E-state index contributed by atoms with van der Waals surface area (Å²) < 4.78 is 6.19. The summed E-state index contributed by atoms with van der Waals surface area (Å²) in [5.74, 6) is 0.659. The van der Waals surface area contributed by atoms with E-state index in [1.54, 1.807) is 13.4 Å². The second-order valence-electron chi connectivity index (χ2n) is 7.98. The average molecular weight is 439 g/mol. The largest absolute Gasteiger partial charge is 0.374 e. The molecule has 7 nitrogen and oxygen atoms in total. The van der Waals surface area contributed by atoms with Crippen LogP contribution < -0.4 is 5.32 Å². The van der Waals surface area contributed by atoms with Crippen molar-refractivity contribution in [2.24, 2.45) is 0 Å². The number of H-pyrrole nitrogens is 1. The Kier molecular flexibility index (Phi) is 5.83. The zero-order valence-electron chi connectivity index (χ0n) is 18.3. The Labute approximate surface area is 187 Å². The van der Waals surface area contributed by atoms with E-state index in [0.717, 1.165) is 16.7 Å². The Morgan fingerprint density at radius 2 is 1.94 bits per heavy atom. The molecule has 0 radical (unpaired) electrons. The summed E-state index contributed by atoms with van der Waals surface area (Å²) in [6.45, 7) is 4.15. The van der Waals surface area contributed by atoms with Crippen LogP contribution in [0.4, 0.5) is 5.82 Å². The van der Waals surface area contributed by atoms with Gasteiger partial charge in [-0.1, -0.05) is 41.9 Å². The van der Waals surface area contributed by atoms with Gasteiger partial charge < -0.3 is 15.0 Å². The minimum atomic E-state index is -0.593. The summed E-state index contributed by atoms with van der Waals surface area (Å²) in [4.78, 5) is 18.2. The van der Waals surface area contributed by atoms with Crippen molar-refractivity contribution in [1.82, 2.24) is 24.8 Å². The number of imidazole rings is 1. The summed E-state index contributed by atoms with van der Waals surface area (Å²) in [6.07, 6.45) is 4.96. The monoisotopic (exact) mass is 438 g/mol. The van der Waals surface area contributed by atoms with Crippen molar-refractivity contribution in [3.05, 3.63) is 65.2 Å². The number of hydrogen-bond donors (Lipinski definition) is 2. The Morgan fingerprint density at radius 3 is 2.61 bits per heavy atom. The van der Waals surface area contributed by atoms with Gasteiger partial charge in [0.25, 0.3) is 0 Å². The van der Waals surface area contributed by atoms with Crippen LogP contribution in [0.2, 0.25) is 0 Å². The molecular formula is C23H27ClN6O. The van der Waals surface area contributed by atoms with Gasteiger partial charge in [0.2, 0.25) is 0 Å². The van der Waals surface area contributed by atoms with Gasteiger partial charge in [0.15, 0.2) is 11.5 Å². The minimum Gasteiger partial charge on any atom is -0.374 e. The first-order valence-corrected chi connectivity index (χ1v) is 10.5. The molecule has 1 aliphatic rings. The van der Waals surface area contributed by atoms with E-state index in [1.807, 2.05) is 39.2 Å². The molecule has 3 aromatic rings. The van der Waals surface area contributed by atoms with Crippen LogP contribution in [-0.4, -0.2) is 63.7 Å². The third kappa shape index (κ3) is 3.52. The molecule has 0 saturated heterocycles. The van der Waals surface area contributed by atoms with E-state index in [4.69, 9.17) is 16.3 Å². The lowest BCUT2D eigenvalue weighted by Gasteiger charge is -2.50. The van der Waals surface area contributed by atoms with E-state index >= 15 is 0 Å². The Hall–Kier alpha value is -2.74. The topological polar surface area (TPSA) is 79.0 Å². The first-order chi connectivity index (χ1) is 14.9. The maximum absolute atomic E-state index is 6.84. The lowest BCUT2D eigenvalue weighted by Crippen LogP contribution is -2.63. The molecular weight excluding hydrogens is 412 g/mol. The third-order valence-corrected chi connectivity index (χ3v) is 6.55. The van der Waals surface area contributed by atoms with Gasteiger partial charge in [-0.15, -0.1) is 0 Å². The predicted octanol–water partition coefficient (Wildman–Crippen LogP) is 4.08. The van der Waals surface area contributed by atoms with E-state index in [2.05, 4.69) is 55.3 Å². The maximum Gasteiger partial charge on any atom is 0.162 e. The van der Waals surface area contributed by atoms with Crippen LogP contribution >= 0.6 is 11.6 Å². The van der Waals surface area contributed by atoms with E-state index in [1.165, 1.54) is 6.33 Å². The fraction of sp³-hybridized carbons (Fsp3) is 0.348. The number of benzene rings is 1. The van der Waals surface area contributed by atoms with Gasteiger partial charge in [0.1, 0.15) is 17.9 Å². The number of aromatic nitrogens is 4. The van der Waals surface area contributed by atoms with E-state index in [0.29, 0.717) is 22.0 Å². The van der Waals surface area contributed by atoms with Gasteiger partial charge in [-0.2, -0.15) is 0 Å². The van der Waals surface area contributed by atoms with Crippen LogP contribution in [0.1, 0.15) is 19.4 Å². The number of nitrogens with one attached hydrogen (secondary N) is 2. The highest BCUT2D eigenvalue weighted by Gasteiger charge is 2.49. The van der Waals surface area contributed by atoms with Crippen LogP contribution in [-0.2, 0) is 4.74 Å². The molecule has 3 atom stereocenters. The second kappa shape index (κ2) is 8.42. The first kappa shape index (κ1) is 21.5. The zero-order chi connectivity index (χ0) is 22.2. The third-order valence-electron chi connectivity index (χ3n) is 6.16. The number of methoxy groups -OCH3 is 1. The normalized spacial score (nSPS) is 22.7. The van der Waals surface area contributed by atoms with Crippen molar-refractivity contribution in [2.45, 2.75) is 31.5 Å². The number of aromatic amines is 1. The Balaban J connectivity index is 1.83. The van der Waals surface area contributed by atoms with Crippen LogP contribution in [0.25, 0.3) is 16.7 Å². The summed E-state index contributed by atoms with van der Waals surface area (Å²) >= 11 is 6.84. The molecule has 31 heavy (non-hydrogen) atoms. The number of allylic oxidation sites excluding steroid dienone is 2. The lowest BCUT2D eigenvalue weighted by molar-refractivity contribution is 0.0179.